The van der Waals surface area contributed by atoms with Gasteiger partial charge in [-0.1, -0.05) is 0 Å². The molecule has 0 amide bonds. The molecule has 0 bridgehead atoms. The highest BCUT2D eigenvalue weighted by Gasteiger charge is 2.45. The molecule has 1 aliphatic rings. The van der Waals surface area contributed by atoms with Crippen molar-refractivity contribution in [1.29, 1.82) is 0 Å². The van der Waals surface area contributed by atoms with Crippen molar-refractivity contribution in [3.8, 4) is 0 Å². The zero-order chi connectivity index (χ0) is 8.48. The molecule has 2 N–H and O–H groups in total. The summed E-state index contributed by atoms with van der Waals surface area (Å²) in [5, 5.41) is 0. The van der Waals surface area contributed by atoms with Gasteiger partial charge in [0, 0.05) is 12.5 Å². The molecule has 2 atom stereocenters. The maximum Gasteiger partial charge on any atom is 0.343 e. The standard InChI is InChI=1S/C7H12FNO2/c1-11-6(10)7(8)3-2-5(9)4-7/h5H,2-4,9H2,1H3. The van der Waals surface area contributed by atoms with E-state index in [-0.39, 0.29) is 18.9 Å². The number of hydrogen-bond donors (Lipinski definition) is 1. The van der Waals surface area contributed by atoms with E-state index in [2.05, 4.69) is 4.74 Å². The lowest BCUT2D eigenvalue weighted by molar-refractivity contribution is -0.154. The van der Waals surface area contributed by atoms with E-state index in [1.165, 1.54) is 7.11 Å². The summed E-state index contributed by atoms with van der Waals surface area (Å²) in [6, 6.07) is -0.195. The highest BCUT2D eigenvalue weighted by molar-refractivity contribution is 5.79. The molecule has 0 aromatic carbocycles. The number of carbonyl (C=O) groups excluding carboxylic acids is 1. The van der Waals surface area contributed by atoms with E-state index in [4.69, 9.17) is 5.73 Å². The second-order valence-corrected chi connectivity index (χ2v) is 2.96. The number of halogens is 1. The fourth-order valence-corrected chi connectivity index (χ4v) is 1.40. The fourth-order valence-electron chi connectivity index (χ4n) is 1.40. The SMILES string of the molecule is COC(=O)C1(F)CCC(N)C1. The van der Waals surface area contributed by atoms with Gasteiger partial charge in [0.05, 0.1) is 7.11 Å². The predicted octanol–water partition coefficient (Wildman–Crippen LogP) is 0.379. The van der Waals surface area contributed by atoms with Crippen molar-refractivity contribution in [3.63, 3.8) is 0 Å². The van der Waals surface area contributed by atoms with Crippen LogP contribution in [-0.2, 0) is 9.53 Å². The second-order valence-electron chi connectivity index (χ2n) is 2.96. The van der Waals surface area contributed by atoms with Crippen molar-refractivity contribution in [2.45, 2.75) is 31.0 Å². The Morgan fingerprint density at radius 3 is 2.82 bits per heavy atom. The summed E-state index contributed by atoms with van der Waals surface area (Å²) in [7, 11) is 1.19. The Morgan fingerprint density at radius 1 is 1.82 bits per heavy atom. The molecule has 1 saturated carbocycles. The summed E-state index contributed by atoms with van der Waals surface area (Å²) in [6.45, 7) is 0. The van der Waals surface area contributed by atoms with Crippen molar-refractivity contribution >= 4 is 5.97 Å². The highest BCUT2D eigenvalue weighted by Crippen LogP contribution is 2.33. The molecule has 0 saturated heterocycles. The van der Waals surface area contributed by atoms with Gasteiger partial charge in [0.2, 0.25) is 5.67 Å². The zero-order valence-corrected chi connectivity index (χ0v) is 6.47. The first kappa shape index (κ1) is 8.46. The third-order valence-corrected chi connectivity index (χ3v) is 2.05. The molecule has 0 aromatic heterocycles. The summed E-state index contributed by atoms with van der Waals surface area (Å²) >= 11 is 0. The molecule has 11 heavy (non-hydrogen) atoms. The first-order valence-corrected chi connectivity index (χ1v) is 3.61. The van der Waals surface area contributed by atoms with E-state index in [9.17, 15) is 9.18 Å². The molecule has 0 spiro atoms. The third kappa shape index (κ3) is 1.50. The normalized spacial score (nSPS) is 37.2. The first-order chi connectivity index (χ1) is 5.08. The van der Waals surface area contributed by atoms with Crippen LogP contribution in [0.1, 0.15) is 19.3 Å². The molecule has 1 fully saturated rings. The molecule has 0 aliphatic heterocycles. The Hall–Kier alpha value is -0.640. The summed E-state index contributed by atoms with van der Waals surface area (Å²) in [5.41, 5.74) is 3.64. The maximum atomic E-state index is 13.4. The van der Waals surface area contributed by atoms with Crippen molar-refractivity contribution in [2.24, 2.45) is 5.73 Å². The smallest absolute Gasteiger partial charge is 0.343 e. The largest absolute Gasteiger partial charge is 0.467 e. The Labute approximate surface area is 64.7 Å². The van der Waals surface area contributed by atoms with Gasteiger partial charge in [-0.3, -0.25) is 0 Å². The van der Waals surface area contributed by atoms with Crippen molar-refractivity contribution in [2.75, 3.05) is 7.11 Å². The summed E-state index contributed by atoms with van der Waals surface area (Å²) in [5.74, 6) is -0.787. The van der Waals surface area contributed by atoms with E-state index in [1.54, 1.807) is 0 Å². The van der Waals surface area contributed by atoms with Crippen molar-refractivity contribution in [3.05, 3.63) is 0 Å². The fraction of sp³-hybridized carbons (Fsp3) is 0.857. The average molecular weight is 161 g/mol. The number of hydrogen-bond acceptors (Lipinski definition) is 3. The number of methoxy groups -OCH3 is 1. The van der Waals surface area contributed by atoms with Crippen LogP contribution in [0.4, 0.5) is 4.39 Å². The summed E-state index contributed by atoms with van der Waals surface area (Å²) < 4.78 is 17.7. The maximum absolute atomic E-state index is 13.4. The van der Waals surface area contributed by atoms with Crippen LogP contribution in [0.3, 0.4) is 0 Å². The van der Waals surface area contributed by atoms with Gasteiger partial charge in [-0.25, -0.2) is 9.18 Å². The van der Waals surface area contributed by atoms with Crippen LogP contribution >= 0.6 is 0 Å². The van der Waals surface area contributed by atoms with Gasteiger partial charge in [0.15, 0.2) is 0 Å². The minimum atomic E-state index is -1.81. The Morgan fingerprint density at radius 2 is 2.45 bits per heavy atom. The monoisotopic (exact) mass is 161 g/mol. The second kappa shape index (κ2) is 2.77. The molecule has 4 heteroatoms. The molecule has 0 heterocycles. The topological polar surface area (TPSA) is 52.3 Å². The number of ether oxygens (including phenoxy) is 1. The number of alkyl halides is 1. The average Bonchev–Trinajstić information content (AvgIpc) is 2.31. The molecular weight excluding hydrogens is 149 g/mol. The van der Waals surface area contributed by atoms with Crippen LogP contribution in [0.15, 0.2) is 0 Å². The van der Waals surface area contributed by atoms with E-state index in [0.717, 1.165) is 0 Å². The molecule has 3 nitrogen and oxygen atoms in total. The van der Waals surface area contributed by atoms with Crippen LogP contribution in [0.5, 0.6) is 0 Å². The van der Waals surface area contributed by atoms with Crippen molar-refractivity contribution < 1.29 is 13.9 Å². The van der Waals surface area contributed by atoms with Crippen LogP contribution < -0.4 is 5.73 Å². The Balaban J connectivity index is 2.61. The lowest BCUT2D eigenvalue weighted by Crippen LogP contribution is -2.33. The Kier molecular flexibility index (Phi) is 2.13. The number of esters is 1. The first-order valence-electron chi connectivity index (χ1n) is 3.61. The quantitative estimate of drug-likeness (QED) is 0.565. The van der Waals surface area contributed by atoms with Gasteiger partial charge >= 0.3 is 5.97 Å². The zero-order valence-electron chi connectivity index (χ0n) is 6.47. The molecule has 0 aromatic rings. The van der Waals surface area contributed by atoms with Crippen LogP contribution in [-0.4, -0.2) is 24.8 Å². The molecular formula is C7H12FNO2. The molecule has 64 valence electrons. The highest BCUT2D eigenvalue weighted by atomic mass is 19.1. The molecule has 0 radical (unpaired) electrons. The van der Waals surface area contributed by atoms with E-state index in [0.29, 0.717) is 6.42 Å². The number of nitrogens with two attached hydrogens (primary N) is 1. The minimum absolute atomic E-state index is 0.0969. The molecule has 1 aliphatic carbocycles. The van der Waals surface area contributed by atoms with Gasteiger partial charge in [0.1, 0.15) is 0 Å². The lowest BCUT2D eigenvalue weighted by atomic mass is 10.1. The van der Waals surface area contributed by atoms with E-state index >= 15 is 0 Å². The van der Waals surface area contributed by atoms with E-state index in [1.807, 2.05) is 0 Å². The van der Waals surface area contributed by atoms with Gasteiger partial charge in [-0.2, -0.15) is 0 Å². The van der Waals surface area contributed by atoms with Crippen molar-refractivity contribution in [1.82, 2.24) is 0 Å². The Bertz CT molecular complexity index is 174. The predicted molar refractivity (Wildman–Crippen MR) is 37.7 cm³/mol. The van der Waals surface area contributed by atoms with Crippen LogP contribution in [0.2, 0.25) is 0 Å². The summed E-state index contributed by atoms with van der Waals surface area (Å²) in [4.78, 5) is 10.8. The number of carbonyl (C=O) groups is 1. The van der Waals surface area contributed by atoms with Gasteiger partial charge in [-0.05, 0) is 12.8 Å². The van der Waals surface area contributed by atoms with Crippen LogP contribution in [0, 0.1) is 0 Å². The number of rotatable bonds is 1. The molecule has 1 rings (SSSR count). The van der Waals surface area contributed by atoms with Gasteiger partial charge in [-0.15, -0.1) is 0 Å². The van der Waals surface area contributed by atoms with Gasteiger partial charge < -0.3 is 10.5 Å². The third-order valence-electron chi connectivity index (χ3n) is 2.05. The summed E-state index contributed by atoms with van der Waals surface area (Å²) in [6.07, 6.45) is 0.853. The minimum Gasteiger partial charge on any atom is -0.467 e. The lowest BCUT2D eigenvalue weighted by Gasteiger charge is -2.15. The van der Waals surface area contributed by atoms with E-state index < -0.39 is 11.6 Å². The molecule has 2 unspecified atom stereocenters. The van der Waals surface area contributed by atoms with Crippen LogP contribution in [0.25, 0.3) is 0 Å². The van der Waals surface area contributed by atoms with Gasteiger partial charge in [0.25, 0.3) is 0 Å².